The summed E-state index contributed by atoms with van der Waals surface area (Å²) in [7, 11) is 1.82. The number of nitrogens with one attached hydrogen (secondary N) is 1. The molecule has 0 fully saturated rings. The minimum atomic E-state index is -0.413. The van der Waals surface area contributed by atoms with Gasteiger partial charge in [0.05, 0.1) is 5.03 Å². The van der Waals surface area contributed by atoms with Crippen LogP contribution >= 0.6 is 23.2 Å². The average Bonchev–Trinajstić information content (AvgIpc) is 2.35. The van der Waals surface area contributed by atoms with E-state index in [0.29, 0.717) is 5.03 Å². The summed E-state index contributed by atoms with van der Waals surface area (Å²) in [6, 6.07) is 4.91. The van der Waals surface area contributed by atoms with Gasteiger partial charge in [0.1, 0.15) is 6.61 Å². The van der Waals surface area contributed by atoms with E-state index in [2.05, 4.69) is 5.32 Å². The second-order valence-electron chi connectivity index (χ2n) is 3.54. The van der Waals surface area contributed by atoms with Gasteiger partial charge >= 0.3 is 0 Å². The topological polar surface area (TPSA) is 21.3 Å². The lowest BCUT2D eigenvalue weighted by molar-refractivity contribution is 0.338. The maximum absolute atomic E-state index is 13.7. The zero-order valence-electron chi connectivity index (χ0n) is 9.64. The third kappa shape index (κ3) is 4.19. The summed E-state index contributed by atoms with van der Waals surface area (Å²) in [6.07, 6.45) is 0. The number of hydrogen-bond acceptors (Lipinski definition) is 2. The van der Waals surface area contributed by atoms with E-state index in [0.717, 1.165) is 5.56 Å². The second kappa shape index (κ2) is 6.84. The Morgan fingerprint density at radius 2 is 2.29 bits per heavy atom. The first-order valence-electron chi connectivity index (χ1n) is 5.12. The molecule has 17 heavy (non-hydrogen) atoms. The Morgan fingerprint density at radius 3 is 2.82 bits per heavy atom. The van der Waals surface area contributed by atoms with E-state index in [4.69, 9.17) is 27.9 Å². The highest BCUT2D eigenvalue weighted by atomic mass is 35.5. The summed E-state index contributed by atoms with van der Waals surface area (Å²) < 4.78 is 18.8. The Morgan fingerprint density at radius 1 is 1.59 bits per heavy atom. The van der Waals surface area contributed by atoms with Gasteiger partial charge in [0, 0.05) is 11.6 Å². The SMILES string of the molecule is CNC(C)c1ccc(OC/C(Cl)=C/Cl)c(F)c1. The van der Waals surface area contributed by atoms with E-state index in [-0.39, 0.29) is 18.4 Å². The fourth-order valence-electron chi connectivity index (χ4n) is 1.25. The van der Waals surface area contributed by atoms with Crippen molar-refractivity contribution < 1.29 is 9.13 Å². The summed E-state index contributed by atoms with van der Waals surface area (Å²) in [6.45, 7) is 2.01. The number of benzene rings is 1. The lowest BCUT2D eigenvalue weighted by atomic mass is 10.1. The zero-order valence-corrected chi connectivity index (χ0v) is 11.1. The summed E-state index contributed by atoms with van der Waals surface area (Å²) in [5.74, 6) is -0.252. The van der Waals surface area contributed by atoms with Crippen LogP contribution in [0.2, 0.25) is 0 Å². The van der Waals surface area contributed by atoms with Gasteiger partial charge in [-0.05, 0) is 31.7 Å². The highest BCUT2D eigenvalue weighted by molar-refractivity contribution is 6.36. The third-order valence-corrected chi connectivity index (χ3v) is 2.97. The molecule has 0 heterocycles. The standard InChI is InChI=1S/C12H14Cl2FNO/c1-8(16-2)9-3-4-12(11(15)5-9)17-7-10(14)6-13/h3-6,8,16H,7H2,1-2H3/b10-6-. The van der Waals surface area contributed by atoms with Crippen LogP contribution in [0.3, 0.4) is 0 Å². The van der Waals surface area contributed by atoms with Gasteiger partial charge in [-0.2, -0.15) is 0 Å². The van der Waals surface area contributed by atoms with Crippen LogP contribution in [0.1, 0.15) is 18.5 Å². The van der Waals surface area contributed by atoms with Gasteiger partial charge in [0.2, 0.25) is 0 Å². The van der Waals surface area contributed by atoms with E-state index < -0.39 is 5.82 Å². The maximum Gasteiger partial charge on any atom is 0.165 e. The normalized spacial score (nSPS) is 13.6. The molecule has 1 N–H and O–H groups in total. The molecule has 0 saturated carbocycles. The molecule has 1 aromatic rings. The first kappa shape index (κ1) is 14.3. The predicted molar refractivity (Wildman–Crippen MR) is 69.2 cm³/mol. The van der Waals surface area contributed by atoms with Crippen molar-refractivity contribution in [3.63, 3.8) is 0 Å². The smallest absolute Gasteiger partial charge is 0.165 e. The van der Waals surface area contributed by atoms with E-state index in [1.807, 2.05) is 14.0 Å². The van der Waals surface area contributed by atoms with E-state index in [9.17, 15) is 4.39 Å². The van der Waals surface area contributed by atoms with Crippen molar-refractivity contribution in [1.29, 1.82) is 0 Å². The Bertz CT molecular complexity index is 409. The van der Waals surface area contributed by atoms with Crippen molar-refractivity contribution in [2.75, 3.05) is 13.7 Å². The number of ether oxygens (including phenoxy) is 1. The van der Waals surface area contributed by atoms with Crippen LogP contribution in [-0.4, -0.2) is 13.7 Å². The van der Waals surface area contributed by atoms with Gasteiger partial charge in [-0.15, -0.1) is 0 Å². The van der Waals surface area contributed by atoms with Gasteiger partial charge in [-0.1, -0.05) is 29.3 Å². The molecule has 0 bridgehead atoms. The monoisotopic (exact) mass is 277 g/mol. The van der Waals surface area contributed by atoms with E-state index in [1.165, 1.54) is 11.6 Å². The molecule has 1 aromatic carbocycles. The van der Waals surface area contributed by atoms with Gasteiger partial charge in [-0.25, -0.2) is 4.39 Å². The summed E-state index contributed by atoms with van der Waals surface area (Å²) in [4.78, 5) is 0. The first-order valence-corrected chi connectivity index (χ1v) is 5.94. The Hall–Kier alpha value is -0.770. The van der Waals surface area contributed by atoms with Crippen LogP contribution in [0.25, 0.3) is 0 Å². The van der Waals surface area contributed by atoms with E-state index >= 15 is 0 Å². The lowest BCUT2D eigenvalue weighted by Gasteiger charge is -2.12. The Balaban J connectivity index is 2.76. The van der Waals surface area contributed by atoms with Crippen molar-refractivity contribution in [3.05, 3.63) is 40.1 Å². The van der Waals surface area contributed by atoms with Crippen molar-refractivity contribution in [1.82, 2.24) is 5.32 Å². The van der Waals surface area contributed by atoms with Crippen molar-refractivity contribution in [3.8, 4) is 5.75 Å². The minimum Gasteiger partial charge on any atom is -0.485 e. The van der Waals surface area contributed by atoms with Crippen LogP contribution in [0.5, 0.6) is 5.75 Å². The molecule has 1 unspecified atom stereocenters. The molecule has 0 spiro atoms. The van der Waals surface area contributed by atoms with Gasteiger partial charge in [0.25, 0.3) is 0 Å². The molecule has 0 saturated heterocycles. The Kier molecular flexibility index (Phi) is 5.75. The van der Waals surface area contributed by atoms with Crippen molar-refractivity contribution in [2.45, 2.75) is 13.0 Å². The van der Waals surface area contributed by atoms with Crippen LogP contribution in [0.15, 0.2) is 28.8 Å². The number of rotatable bonds is 5. The van der Waals surface area contributed by atoms with Gasteiger partial charge in [0.15, 0.2) is 11.6 Å². The molecule has 0 aromatic heterocycles. The van der Waals surface area contributed by atoms with Gasteiger partial charge in [-0.3, -0.25) is 0 Å². The number of halogens is 3. The average molecular weight is 278 g/mol. The molecule has 0 radical (unpaired) electrons. The van der Waals surface area contributed by atoms with Crippen molar-refractivity contribution >= 4 is 23.2 Å². The third-order valence-electron chi connectivity index (χ3n) is 2.37. The Labute approximate surface area is 110 Å². The van der Waals surface area contributed by atoms with E-state index in [1.54, 1.807) is 12.1 Å². The summed E-state index contributed by atoms with van der Waals surface area (Å²) >= 11 is 11.0. The molecule has 0 amide bonds. The number of hydrogen-bond donors (Lipinski definition) is 1. The highest BCUT2D eigenvalue weighted by Crippen LogP contribution is 2.22. The second-order valence-corrected chi connectivity index (χ2v) is 4.25. The fourth-order valence-corrected chi connectivity index (χ4v) is 1.37. The summed E-state index contributed by atoms with van der Waals surface area (Å²) in [5, 5.41) is 3.35. The van der Waals surface area contributed by atoms with Gasteiger partial charge < -0.3 is 10.1 Å². The minimum absolute atomic E-state index is 0.0584. The molecule has 1 rings (SSSR count). The van der Waals surface area contributed by atoms with Crippen LogP contribution in [-0.2, 0) is 0 Å². The quantitative estimate of drug-likeness (QED) is 0.884. The molecule has 0 aliphatic rings. The molecular weight excluding hydrogens is 264 g/mol. The molecule has 0 aliphatic heterocycles. The molecular formula is C12H14Cl2FNO. The lowest BCUT2D eigenvalue weighted by Crippen LogP contribution is -2.12. The predicted octanol–water partition coefficient (Wildman–Crippen LogP) is 3.80. The molecule has 2 nitrogen and oxygen atoms in total. The van der Waals surface area contributed by atoms with Crippen LogP contribution in [0.4, 0.5) is 4.39 Å². The maximum atomic E-state index is 13.7. The zero-order chi connectivity index (χ0) is 12.8. The molecule has 94 valence electrons. The van der Waals surface area contributed by atoms with Crippen LogP contribution in [0, 0.1) is 5.82 Å². The fraction of sp³-hybridized carbons (Fsp3) is 0.333. The highest BCUT2D eigenvalue weighted by Gasteiger charge is 2.08. The first-order chi connectivity index (χ1) is 8.08. The molecule has 1 atom stereocenters. The van der Waals surface area contributed by atoms with Crippen molar-refractivity contribution in [2.24, 2.45) is 0 Å². The largest absolute Gasteiger partial charge is 0.485 e. The summed E-state index contributed by atoms with van der Waals surface area (Å²) in [5.41, 5.74) is 2.05. The molecule has 0 aliphatic carbocycles. The molecule has 5 heteroatoms. The van der Waals surface area contributed by atoms with Crippen LogP contribution < -0.4 is 10.1 Å².